The number of hydrogen-bond acceptors (Lipinski definition) is 2. The molecule has 0 radical (unpaired) electrons. The first kappa shape index (κ1) is 7.44. The minimum Gasteiger partial charge on any atom is -0.371 e. The summed E-state index contributed by atoms with van der Waals surface area (Å²) in [7, 11) is 0. The standard InChI is InChI=1S/C6H10F2N2/c1-2-4-5(6(7)8)10-3-9-4/h3-6H,2H2,1H3,(H,9,10). The lowest BCUT2D eigenvalue weighted by molar-refractivity contribution is 0.106. The van der Waals surface area contributed by atoms with Gasteiger partial charge in [-0.05, 0) is 6.42 Å². The molecule has 0 fully saturated rings. The van der Waals surface area contributed by atoms with E-state index in [9.17, 15) is 8.78 Å². The Labute approximate surface area is 58.3 Å². The van der Waals surface area contributed by atoms with Gasteiger partial charge in [0, 0.05) is 0 Å². The zero-order valence-electron chi connectivity index (χ0n) is 5.72. The van der Waals surface area contributed by atoms with Gasteiger partial charge >= 0.3 is 0 Å². The van der Waals surface area contributed by atoms with Crippen molar-refractivity contribution >= 4 is 6.34 Å². The predicted octanol–water partition coefficient (Wildman–Crippen LogP) is 1.03. The molecule has 0 spiro atoms. The quantitative estimate of drug-likeness (QED) is 0.621. The van der Waals surface area contributed by atoms with Crippen LogP contribution in [0.4, 0.5) is 8.78 Å². The van der Waals surface area contributed by atoms with E-state index in [0.717, 1.165) is 0 Å². The van der Waals surface area contributed by atoms with Crippen molar-refractivity contribution in [3.63, 3.8) is 0 Å². The Morgan fingerprint density at radius 2 is 2.40 bits per heavy atom. The van der Waals surface area contributed by atoms with E-state index < -0.39 is 12.5 Å². The van der Waals surface area contributed by atoms with Crippen LogP contribution < -0.4 is 5.32 Å². The van der Waals surface area contributed by atoms with E-state index in [0.29, 0.717) is 6.42 Å². The van der Waals surface area contributed by atoms with Gasteiger partial charge in [-0.25, -0.2) is 8.78 Å². The molecule has 1 heterocycles. The molecule has 0 aromatic rings. The average molecular weight is 148 g/mol. The Morgan fingerprint density at radius 3 is 2.80 bits per heavy atom. The molecule has 1 aliphatic heterocycles. The number of aliphatic imine (C=N–C) groups is 1. The van der Waals surface area contributed by atoms with Crippen molar-refractivity contribution in [2.45, 2.75) is 31.9 Å². The van der Waals surface area contributed by atoms with Crippen LogP contribution in [-0.2, 0) is 0 Å². The van der Waals surface area contributed by atoms with Crippen molar-refractivity contribution < 1.29 is 8.78 Å². The van der Waals surface area contributed by atoms with Gasteiger partial charge in [0.1, 0.15) is 6.04 Å². The summed E-state index contributed by atoms with van der Waals surface area (Å²) in [5.74, 6) is 0. The first-order valence-corrected chi connectivity index (χ1v) is 3.31. The average Bonchev–Trinajstić information content (AvgIpc) is 2.33. The van der Waals surface area contributed by atoms with E-state index in [4.69, 9.17) is 0 Å². The number of rotatable bonds is 2. The Bertz CT molecular complexity index is 136. The van der Waals surface area contributed by atoms with Gasteiger partial charge in [0.2, 0.25) is 0 Å². The molecule has 2 nitrogen and oxygen atoms in total. The fourth-order valence-corrected chi connectivity index (χ4v) is 1.03. The van der Waals surface area contributed by atoms with Crippen LogP contribution >= 0.6 is 0 Å². The number of halogens is 2. The molecule has 0 aromatic heterocycles. The summed E-state index contributed by atoms with van der Waals surface area (Å²) in [4.78, 5) is 3.60. The lowest BCUT2D eigenvalue weighted by Gasteiger charge is -2.14. The largest absolute Gasteiger partial charge is 0.371 e. The summed E-state index contributed by atoms with van der Waals surface area (Å²) >= 11 is 0. The lowest BCUT2D eigenvalue weighted by atomic mass is 10.1. The number of nitrogens with one attached hydrogen (secondary N) is 1. The van der Waals surface area contributed by atoms with Crippen molar-refractivity contribution in [1.82, 2.24) is 5.32 Å². The van der Waals surface area contributed by atoms with E-state index >= 15 is 0 Å². The fraction of sp³-hybridized carbons (Fsp3) is 0.833. The molecule has 2 atom stereocenters. The van der Waals surface area contributed by atoms with Crippen LogP contribution in [0.1, 0.15) is 13.3 Å². The summed E-state index contributed by atoms with van der Waals surface area (Å²) in [6, 6.07) is -0.995. The van der Waals surface area contributed by atoms with Gasteiger partial charge in [0.25, 0.3) is 6.43 Å². The van der Waals surface area contributed by atoms with Crippen molar-refractivity contribution in [1.29, 1.82) is 0 Å². The highest BCUT2D eigenvalue weighted by molar-refractivity contribution is 5.58. The number of nitrogens with zero attached hydrogens (tertiary/aromatic N) is 1. The molecule has 0 aromatic carbocycles. The predicted molar refractivity (Wildman–Crippen MR) is 35.5 cm³/mol. The van der Waals surface area contributed by atoms with E-state index in [2.05, 4.69) is 10.3 Å². The van der Waals surface area contributed by atoms with Gasteiger partial charge in [-0.15, -0.1) is 0 Å². The maximum Gasteiger partial charge on any atom is 0.262 e. The summed E-state index contributed by atoms with van der Waals surface area (Å²) in [6.45, 7) is 1.86. The molecular weight excluding hydrogens is 138 g/mol. The minimum atomic E-state index is -2.34. The van der Waals surface area contributed by atoms with Crippen molar-refractivity contribution in [2.75, 3.05) is 0 Å². The highest BCUT2D eigenvalue weighted by Gasteiger charge is 2.30. The Balaban J connectivity index is 2.49. The second kappa shape index (κ2) is 2.94. The third-order valence-electron chi connectivity index (χ3n) is 1.65. The van der Waals surface area contributed by atoms with Gasteiger partial charge in [0.05, 0.1) is 12.4 Å². The van der Waals surface area contributed by atoms with Crippen LogP contribution in [0, 0.1) is 0 Å². The third kappa shape index (κ3) is 1.25. The molecule has 10 heavy (non-hydrogen) atoms. The third-order valence-corrected chi connectivity index (χ3v) is 1.65. The number of alkyl halides is 2. The van der Waals surface area contributed by atoms with E-state index in [1.165, 1.54) is 6.34 Å². The summed E-state index contributed by atoms with van der Waals surface area (Å²) in [5, 5.41) is 2.77. The normalized spacial score (nSPS) is 31.2. The maximum atomic E-state index is 12.0. The molecule has 1 rings (SSSR count). The highest BCUT2D eigenvalue weighted by atomic mass is 19.3. The molecular formula is C6H10F2N2. The monoisotopic (exact) mass is 148 g/mol. The Kier molecular flexibility index (Phi) is 2.19. The van der Waals surface area contributed by atoms with Gasteiger partial charge in [0.15, 0.2) is 0 Å². The van der Waals surface area contributed by atoms with E-state index in [-0.39, 0.29) is 6.04 Å². The second-order valence-corrected chi connectivity index (χ2v) is 2.28. The zero-order chi connectivity index (χ0) is 7.56. The van der Waals surface area contributed by atoms with Crippen LogP contribution in [0.25, 0.3) is 0 Å². The van der Waals surface area contributed by atoms with Crippen molar-refractivity contribution in [3.8, 4) is 0 Å². The Morgan fingerprint density at radius 1 is 1.70 bits per heavy atom. The molecule has 0 saturated carbocycles. The molecule has 0 bridgehead atoms. The second-order valence-electron chi connectivity index (χ2n) is 2.28. The van der Waals surface area contributed by atoms with E-state index in [1.54, 1.807) is 0 Å². The zero-order valence-corrected chi connectivity index (χ0v) is 5.72. The Hall–Kier alpha value is -0.670. The topological polar surface area (TPSA) is 24.4 Å². The molecule has 0 amide bonds. The lowest BCUT2D eigenvalue weighted by Crippen LogP contribution is -2.35. The van der Waals surface area contributed by atoms with E-state index in [1.807, 2.05) is 6.92 Å². The van der Waals surface area contributed by atoms with Crippen LogP contribution in [0.3, 0.4) is 0 Å². The molecule has 1 aliphatic rings. The molecule has 4 heteroatoms. The first-order valence-electron chi connectivity index (χ1n) is 3.31. The van der Waals surface area contributed by atoms with Crippen molar-refractivity contribution in [2.24, 2.45) is 4.99 Å². The molecule has 0 saturated heterocycles. The summed E-state index contributed by atoms with van der Waals surface area (Å²) in [5.41, 5.74) is 0. The summed E-state index contributed by atoms with van der Waals surface area (Å²) < 4.78 is 24.0. The van der Waals surface area contributed by atoms with Crippen LogP contribution in [0.2, 0.25) is 0 Å². The molecule has 58 valence electrons. The van der Waals surface area contributed by atoms with Crippen LogP contribution in [0.5, 0.6) is 0 Å². The SMILES string of the molecule is CCC1NC=NC1C(F)F. The van der Waals surface area contributed by atoms with Gasteiger partial charge in [-0.3, -0.25) is 4.99 Å². The molecule has 1 N–H and O–H groups in total. The van der Waals surface area contributed by atoms with Crippen LogP contribution in [-0.4, -0.2) is 24.8 Å². The molecule has 2 unspecified atom stereocenters. The molecule has 0 aliphatic carbocycles. The smallest absolute Gasteiger partial charge is 0.262 e. The van der Waals surface area contributed by atoms with Crippen LogP contribution in [0.15, 0.2) is 4.99 Å². The maximum absolute atomic E-state index is 12.0. The van der Waals surface area contributed by atoms with Gasteiger partial charge in [-0.2, -0.15) is 0 Å². The minimum absolute atomic E-state index is 0.167. The summed E-state index contributed by atoms with van der Waals surface area (Å²) in [6.07, 6.45) is -0.281. The van der Waals surface area contributed by atoms with Gasteiger partial charge in [-0.1, -0.05) is 6.92 Å². The van der Waals surface area contributed by atoms with Crippen molar-refractivity contribution in [3.05, 3.63) is 0 Å². The van der Waals surface area contributed by atoms with Gasteiger partial charge < -0.3 is 5.32 Å². The fourth-order valence-electron chi connectivity index (χ4n) is 1.03. The number of hydrogen-bond donors (Lipinski definition) is 1. The first-order chi connectivity index (χ1) is 4.75. The highest BCUT2D eigenvalue weighted by Crippen LogP contribution is 2.14.